The fraction of sp³-hybridized carbons (Fsp3) is 0.467. The Hall–Kier alpha value is -1.19. The summed E-state index contributed by atoms with van der Waals surface area (Å²) in [6.07, 6.45) is -3.80. The molecule has 0 saturated heterocycles. The van der Waals surface area contributed by atoms with Crippen LogP contribution in [0.5, 0.6) is 0 Å². The van der Waals surface area contributed by atoms with E-state index in [-0.39, 0.29) is 18.1 Å². The molecule has 0 spiro atoms. The number of alkyl halides is 3. The predicted octanol–water partition coefficient (Wildman–Crippen LogP) is 5.19. The lowest BCUT2D eigenvalue weighted by Crippen LogP contribution is -2.27. The molecule has 2 heterocycles. The lowest BCUT2D eigenvalue weighted by molar-refractivity contribution is -0.223. The van der Waals surface area contributed by atoms with Crippen LogP contribution in [0.25, 0.3) is 11.5 Å². The topological polar surface area (TPSA) is 50.8 Å². The monoisotopic (exact) mass is 421 g/mol. The van der Waals surface area contributed by atoms with E-state index in [0.717, 1.165) is 10.7 Å². The van der Waals surface area contributed by atoms with Gasteiger partial charge in [-0.1, -0.05) is 19.6 Å². The average molecular weight is 422 g/mol. The van der Waals surface area contributed by atoms with Crippen molar-refractivity contribution in [2.75, 3.05) is 6.61 Å². The third-order valence-corrected chi connectivity index (χ3v) is 5.46. The summed E-state index contributed by atoms with van der Waals surface area (Å²) in [4.78, 5) is 10.8. The molecule has 0 aliphatic heterocycles. The molecule has 2 aromatic heterocycles. The summed E-state index contributed by atoms with van der Waals surface area (Å²) in [5, 5.41) is 0. The molecule has 1 unspecified atom stereocenters. The van der Waals surface area contributed by atoms with Gasteiger partial charge in [0.05, 0.1) is 11.9 Å². The van der Waals surface area contributed by atoms with Gasteiger partial charge in [0.1, 0.15) is 5.69 Å². The van der Waals surface area contributed by atoms with E-state index in [0.29, 0.717) is 11.7 Å². The van der Waals surface area contributed by atoms with Gasteiger partial charge in [0, 0.05) is 25.4 Å². The van der Waals surface area contributed by atoms with Crippen molar-refractivity contribution in [3.05, 3.63) is 34.7 Å². The lowest BCUT2D eigenvalue weighted by atomic mass is 10.2. The third-order valence-electron chi connectivity index (χ3n) is 3.28. The second-order valence-electron chi connectivity index (χ2n) is 6.65. The number of rotatable bonds is 6. The summed E-state index contributed by atoms with van der Waals surface area (Å²) in [5.41, 5.74) is 0.352. The van der Waals surface area contributed by atoms with Gasteiger partial charge in [0.25, 0.3) is 0 Å². The highest BCUT2D eigenvalue weighted by Crippen LogP contribution is 2.36. The quantitative estimate of drug-likeness (QED) is 0.652. The number of imidazole rings is 1. The number of halogens is 4. The molecule has 0 bridgehead atoms. The molecule has 0 fully saturated rings. The molecule has 2 rings (SSSR count). The van der Waals surface area contributed by atoms with Crippen LogP contribution in [0.4, 0.5) is 13.2 Å². The van der Waals surface area contributed by atoms with Crippen molar-refractivity contribution in [3.63, 3.8) is 0 Å². The summed E-state index contributed by atoms with van der Waals surface area (Å²) in [6.45, 7) is 6.34. The van der Waals surface area contributed by atoms with E-state index >= 15 is 0 Å². The molecular weight excluding hydrogens is 403 g/mol. The largest absolute Gasteiger partial charge is 0.420 e. The van der Waals surface area contributed by atoms with Crippen LogP contribution in [0.2, 0.25) is 25.7 Å². The van der Waals surface area contributed by atoms with Crippen molar-refractivity contribution >= 4 is 24.0 Å². The van der Waals surface area contributed by atoms with Gasteiger partial charge in [-0.25, -0.2) is 4.98 Å². The Labute approximate surface area is 148 Å². The predicted molar refractivity (Wildman–Crippen MR) is 92.4 cm³/mol. The number of hydrogen-bond acceptors (Lipinski definition) is 3. The number of ether oxygens (including phenoxy) is 1. The first-order valence-electron chi connectivity index (χ1n) is 7.41. The first-order chi connectivity index (χ1) is 11.1. The summed E-state index contributed by atoms with van der Waals surface area (Å²) in [6, 6.07) is 4.08. The van der Waals surface area contributed by atoms with E-state index in [2.05, 4.69) is 50.5 Å². The minimum absolute atomic E-state index is 0.0742. The summed E-state index contributed by atoms with van der Waals surface area (Å²) in [5.74, 6) is 0.278. The van der Waals surface area contributed by atoms with E-state index in [1.165, 1.54) is 0 Å². The van der Waals surface area contributed by atoms with Crippen molar-refractivity contribution in [1.29, 1.82) is 0 Å². The van der Waals surface area contributed by atoms with E-state index in [1.54, 1.807) is 18.3 Å². The van der Waals surface area contributed by atoms with Crippen molar-refractivity contribution in [2.24, 2.45) is 0 Å². The van der Waals surface area contributed by atoms with Crippen LogP contribution in [0.15, 0.2) is 29.0 Å². The average Bonchev–Trinajstić information content (AvgIpc) is 2.91. The zero-order valence-electron chi connectivity index (χ0n) is 13.6. The molecule has 9 heteroatoms. The second-order valence-corrected chi connectivity index (χ2v) is 13.2. The summed E-state index contributed by atoms with van der Waals surface area (Å²) >= 11 is 3.26. The Morgan fingerprint density at radius 2 is 1.92 bits per heavy atom. The van der Waals surface area contributed by atoms with Crippen molar-refractivity contribution in [2.45, 2.75) is 38.0 Å². The van der Waals surface area contributed by atoms with Gasteiger partial charge in [0.2, 0.25) is 0 Å². The third kappa shape index (κ3) is 5.42. The van der Waals surface area contributed by atoms with E-state index < -0.39 is 20.4 Å². The van der Waals surface area contributed by atoms with Crippen LogP contribution < -0.4 is 0 Å². The molecule has 0 aliphatic rings. The zero-order chi connectivity index (χ0) is 18.0. The molecule has 132 valence electrons. The first-order valence-corrected chi connectivity index (χ1v) is 11.9. The fourth-order valence-corrected chi connectivity index (χ4v) is 2.92. The van der Waals surface area contributed by atoms with Gasteiger partial charge < -0.3 is 9.72 Å². The molecule has 0 radical (unpaired) electrons. The normalized spacial score (nSPS) is 14.0. The zero-order valence-corrected chi connectivity index (χ0v) is 16.2. The first kappa shape index (κ1) is 19.1. The summed E-state index contributed by atoms with van der Waals surface area (Å²) in [7, 11) is -1.47. The number of pyridine rings is 1. The number of H-pyrrole nitrogens is 1. The van der Waals surface area contributed by atoms with Crippen LogP contribution >= 0.6 is 15.9 Å². The molecule has 24 heavy (non-hydrogen) atoms. The number of nitrogens with zero attached hydrogens (tertiary/aromatic N) is 2. The van der Waals surface area contributed by atoms with Crippen LogP contribution in [0.1, 0.15) is 11.8 Å². The number of nitrogens with one attached hydrogen (secondary N) is 1. The van der Waals surface area contributed by atoms with Crippen LogP contribution in [-0.4, -0.2) is 35.8 Å². The molecule has 0 saturated carbocycles. The van der Waals surface area contributed by atoms with Gasteiger partial charge in [-0.15, -0.1) is 0 Å². The molecule has 2 aromatic rings. The molecule has 0 aromatic carbocycles. The highest BCUT2D eigenvalue weighted by atomic mass is 79.9. The number of hydrogen-bond donors (Lipinski definition) is 1. The SMILES string of the molecule is C[Si](C)(C)CCOC(c1cnc(-c2ccc(Br)cn2)[nH]1)C(F)(F)F. The maximum absolute atomic E-state index is 13.3. The highest BCUT2D eigenvalue weighted by molar-refractivity contribution is 9.10. The minimum Gasteiger partial charge on any atom is -0.363 e. The number of aromatic nitrogens is 3. The molecule has 1 atom stereocenters. The smallest absolute Gasteiger partial charge is 0.363 e. The van der Waals surface area contributed by atoms with Crippen molar-refractivity contribution < 1.29 is 17.9 Å². The van der Waals surface area contributed by atoms with Gasteiger partial charge >= 0.3 is 6.18 Å². The van der Waals surface area contributed by atoms with Gasteiger partial charge in [0.15, 0.2) is 11.9 Å². The van der Waals surface area contributed by atoms with Gasteiger partial charge in [-0.05, 0) is 34.1 Å². The van der Waals surface area contributed by atoms with Crippen molar-refractivity contribution in [1.82, 2.24) is 15.0 Å². The van der Waals surface area contributed by atoms with Crippen molar-refractivity contribution in [3.8, 4) is 11.5 Å². The Morgan fingerprint density at radius 3 is 2.46 bits per heavy atom. The molecular formula is C15H19BrF3N3OSi. The van der Waals surface area contributed by atoms with Gasteiger partial charge in [-0.3, -0.25) is 4.98 Å². The highest BCUT2D eigenvalue weighted by Gasteiger charge is 2.43. The maximum atomic E-state index is 13.3. The van der Waals surface area contributed by atoms with Crippen LogP contribution in [-0.2, 0) is 4.74 Å². The Bertz CT molecular complexity index is 668. The van der Waals surface area contributed by atoms with E-state index in [4.69, 9.17) is 4.74 Å². The Kier molecular flexibility index (Phi) is 5.87. The molecule has 0 amide bonds. The fourth-order valence-electron chi connectivity index (χ4n) is 1.96. The maximum Gasteiger partial charge on any atom is 0.420 e. The Balaban J connectivity index is 2.17. The Morgan fingerprint density at radius 1 is 1.21 bits per heavy atom. The van der Waals surface area contributed by atoms with Gasteiger partial charge in [-0.2, -0.15) is 13.2 Å². The molecule has 1 N–H and O–H groups in total. The summed E-state index contributed by atoms with van der Waals surface area (Å²) < 4.78 is 45.8. The standard InChI is InChI=1S/C15H19BrF3N3OSi/c1-24(2,3)7-6-23-13(15(17,18)19)12-9-21-14(22-12)11-5-4-10(16)8-20-11/h4-5,8-9,13H,6-7H2,1-3H3,(H,21,22). The lowest BCUT2D eigenvalue weighted by Gasteiger charge is -2.22. The molecule has 4 nitrogen and oxygen atoms in total. The molecule has 0 aliphatic carbocycles. The van der Waals surface area contributed by atoms with E-state index in [9.17, 15) is 13.2 Å². The number of aromatic amines is 1. The van der Waals surface area contributed by atoms with Crippen LogP contribution in [0, 0.1) is 0 Å². The minimum atomic E-state index is -4.50. The van der Waals surface area contributed by atoms with Crippen LogP contribution in [0.3, 0.4) is 0 Å². The second kappa shape index (κ2) is 7.36. The van der Waals surface area contributed by atoms with E-state index in [1.807, 2.05) is 0 Å².